The van der Waals surface area contributed by atoms with E-state index in [0.29, 0.717) is 4.68 Å². The molecule has 0 aliphatic rings. The molecule has 0 fully saturated rings. The van der Waals surface area contributed by atoms with Crippen LogP contribution in [0.5, 0.6) is 0 Å². The van der Waals surface area contributed by atoms with Crippen molar-refractivity contribution in [3.8, 4) is 0 Å². The second kappa shape index (κ2) is 6.31. The van der Waals surface area contributed by atoms with E-state index in [0.717, 1.165) is 6.07 Å². The number of rotatable bonds is 4. The molecule has 0 radical (unpaired) electrons. The van der Waals surface area contributed by atoms with Crippen LogP contribution in [0, 0.1) is 30.2 Å². The molecule has 0 aliphatic carbocycles. The number of benzene rings is 1. The molecule has 0 spiro atoms. The van der Waals surface area contributed by atoms with Crippen molar-refractivity contribution in [2.24, 2.45) is 0 Å². The van der Waals surface area contributed by atoms with Gasteiger partial charge >= 0.3 is 0 Å². The minimum Gasteiger partial charge on any atom is -0.319 e. The zero-order valence-corrected chi connectivity index (χ0v) is 11.5. The zero-order valence-electron chi connectivity index (χ0n) is 11.5. The Morgan fingerprint density at radius 2 is 1.74 bits per heavy atom. The molecule has 2 rings (SSSR count). The number of hydrogen-bond acceptors (Lipinski definition) is 2. The maximum absolute atomic E-state index is 13.4. The van der Waals surface area contributed by atoms with Crippen LogP contribution in [0.15, 0.2) is 12.1 Å². The van der Waals surface area contributed by atoms with E-state index in [1.807, 2.05) is 0 Å². The number of alkyl halides is 2. The van der Waals surface area contributed by atoms with Gasteiger partial charge in [-0.1, -0.05) is 0 Å². The summed E-state index contributed by atoms with van der Waals surface area (Å²) in [6.45, 7) is 0.589. The highest BCUT2D eigenvalue weighted by atomic mass is 19.3. The van der Waals surface area contributed by atoms with Gasteiger partial charge in [0, 0.05) is 6.07 Å². The lowest BCUT2D eigenvalue weighted by molar-refractivity contribution is -0.117. The Balaban J connectivity index is 2.25. The zero-order chi connectivity index (χ0) is 17.3. The number of aromatic nitrogens is 2. The molecule has 1 aromatic heterocycles. The average Bonchev–Trinajstić information content (AvgIpc) is 2.82. The van der Waals surface area contributed by atoms with Crippen molar-refractivity contribution in [2.45, 2.75) is 19.9 Å². The Kier molecular flexibility index (Phi) is 4.62. The van der Waals surface area contributed by atoms with Gasteiger partial charge in [-0.3, -0.25) is 9.48 Å². The van der Waals surface area contributed by atoms with Crippen molar-refractivity contribution in [1.29, 1.82) is 0 Å². The molecule has 0 saturated carbocycles. The van der Waals surface area contributed by atoms with E-state index in [4.69, 9.17) is 0 Å². The van der Waals surface area contributed by atoms with Crippen LogP contribution >= 0.6 is 0 Å². The molecule has 0 bridgehead atoms. The Hall–Kier alpha value is -2.52. The number of amides is 1. The van der Waals surface area contributed by atoms with Crippen molar-refractivity contribution in [3.05, 3.63) is 46.8 Å². The van der Waals surface area contributed by atoms with E-state index in [1.165, 1.54) is 6.92 Å². The Morgan fingerprint density at radius 3 is 2.26 bits per heavy atom. The third kappa shape index (κ3) is 3.46. The van der Waals surface area contributed by atoms with Crippen molar-refractivity contribution in [2.75, 3.05) is 5.32 Å². The van der Waals surface area contributed by atoms with Crippen molar-refractivity contribution in [3.63, 3.8) is 0 Å². The Morgan fingerprint density at radius 1 is 1.17 bits per heavy atom. The third-order valence-electron chi connectivity index (χ3n) is 2.83. The van der Waals surface area contributed by atoms with Gasteiger partial charge in [0.25, 0.3) is 6.43 Å². The highest BCUT2D eigenvalue weighted by molar-refractivity contribution is 5.90. The summed E-state index contributed by atoms with van der Waals surface area (Å²) >= 11 is 0. The van der Waals surface area contributed by atoms with Crippen LogP contribution in [-0.4, -0.2) is 15.7 Å². The first-order valence-electron chi connectivity index (χ1n) is 6.16. The van der Waals surface area contributed by atoms with Gasteiger partial charge in [0.2, 0.25) is 5.91 Å². The number of carbonyl (C=O) groups excluding carboxylic acids is 1. The van der Waals surface area contributed by atoms with Gasteiger partial charge in [-0.2, -0.15) is 5.10 Å². The summed E-state index contributed by atoms with van der Waals surface area (Å²) in [7, 11) is 0. The number of halogens is 6. The van der Waals surface area contributed by atoms with Crippen LogP contribution in [0.25, 0.3) is 0 Å². The minimum absolute atomic E-state index is 0.0217. The van der Waals surface area contributed by atoms with Crippen molar-refractivity contribution < 1.29 is 31.1 Å². The molecule has 0 atom stereocenters. The topological polar surface area (TPSA) is 46.9 Å². The fraction of sp³-hybridized carbons (Fsp3) is 0.231. The van der Waals surface area contributed by atoms with Gasteiger partial charge in [-0.25, -0.2) is 26.3 Å². The Bertz CT molecular complexity index is 732. The van der Waals surface area contributed by atoms with Crippen LogP contribution in [0.4, 0.5) is 32.0 Å². The van der Waals surface area contributed by atoms with Gasteiger partial charge in [-0.05, 0) is 13.0 Å². The van der Waals surface area contributed by atoms with Crippen molar-refractivity contribution in [1.82, 2.24) is 9.78 Å². The summed E-state index contributed by atoms with van der Waals surface area (Å²) in [5.74, 6) is -8.20. The first-order valence-corrected chi connectivity index (χ1v) is 6.16. The summed E-state index contributed by atoms with van der Waals surface area (Å²) in [4.78, 5) is 11.7. The molecule has 1 amide bonds. The van der Waals surface area contributed by atoms with Gasteiger partial charge in [0.15, 0.2) is 23.3 Å². The number of nitrogens with one attached hydrogen (secondary N) is 1. The average molecular weight is 337 g/mol. The van der Waals surface area contributed by atoms with Crippen LogP contribution in [0.3, 0.4) is 0 Å². The molecule has 4 nitrogen and oxygen atoms in total. The number of anilines is 1. The van der Waals surface area contributed by atoms with Crippen LogP contribution in [0.2, 0.25) is 0 Å². The molecule has 1 heterocycles. The second-order valence-corrected chi connectivity index (χ2v) is 4.56. The number of hydrogen-bond donors (Lipinski definition) is 1. The van der Waals surface area contributed by atoms with Gasteiger partial charge in [-0.15, -0.1) is 0 Å². The van der Waals surface area contributed by atoms with Gasteiger partial charge < -0.3 is 5.32 Å². The fourth-order valence-corrected chi connectivity index (χ4v) is 1.87. The lowest BCUT2D eigenvalue weighted by Gasteiger charge is -2.10. The van der Waals surface area contributed by atoms with E-state index >= 15 is 0 Å². The Labute approximate surface area is 125 Å². The monoisotopic (exact) mass is 337 g/mol. The highest BCUT2D eigenvalue weighted by Gasteiger charge is 2.22. The molecule has 0 aliphatic heterocycles. The molecule has 1 N–H and O–H groups in total. The number of nitrogens with zero attached hydrogens (tertiary/aromatic N) is 2. The lowest BCUT2D eigenvalue weighted by atomic mass is 10.2. The van der Waals surface area contributed by atoms with E-state index in [-0.39, 0.29) is 11.8 Å². The summed E-state index contributed by atoms with van der Waals surface area (Å²) in [5.41, 5.74) is -1.72. The molecular weight excluding hydrogens is 328 g/mol. The summed E-state index contributed by atoms with van der Waals surface area (Å²) < 4.78 is 79.0. The molecular formula is C13H9F6N3O. The molecule has 124 valence electrons. The quantitative estimate of drug-likeness (QED) is 0.687. The summed E-state index contributed by atoms with van der Waals surface area (Å²) in [6, 6.07) is 1.01. The maximum Gasteiger partial charge on any atom is 0.280 e. The van der Waals surface area contributed by atoms with Crippen molar-refractivity contribution >= 4 is 11.6 Å². The predicted octanol–water partition coefficient (Wildman–Crippen LogP) is 3.32. The van der Waals surface area contributed by atoms with E-state index in [1.54, 1.807) is 5.32 Å². The number of carbonyl (C=O) groups is 1. The van der Waals surface area contributed by atoms with E-state index in [2.05, 4.69) is 5.10 Å². The smallest absolute Gasteiger partial charge is 0.280 e. The van der Waals surface area contributed by atoms with E-state index < -0.39 is 53.5 Å². The molecule has 1 aromatic carbocycles. The lowest BCUT2D eigenvalue weighted by Crippen LogP contribution is -2.23. The molecule has 2 aromatic rings. The fourth-order valence-electron chi connectivity index (χ4n) is 1.87. The van der Waals surface area contributed by atoms with Gasteiger partial charge in [0.05, 0.1) is 5.69 Å². The third-order valence-corrected chi connectivity index (χ3v) is 2.83. The standard InChI is InChI=1S/C13H9F6N3O/c1-5-2-8(13(18)19)22(21-5)4-9(23)20-12-10(16)6(14)3-7(15)11(12)17/h2-3,13H,4H2,1H3,(H,20,23). The van der Waals surface area contributed by atoms with Gasteiger partial charge in [0.1, 0.15) is 17.9 Å². The van der Waals surface area contributed by atoms with E-state index in [9.17, 15) is 31.1 Å². The maximum atomic E-state index is 13.4. The first-order chi connectivity index (χ1) is 10.7. The highest BCUT2D eigenvalue weighted by Crippen LogP contribution is 2.24. The normalized spacial score (nSPS) is 11.1. The first kappa shape index (κ1) is 16.8. The largest absolute Gasteiger partial charge is 0.319 e. The van der Waals surface area contributed by atoms with Crippen LogP contribution < -0.4 is 5.32 Å². The number of aryl methyl sites for hydroxylation is 1. The SMILES string of the molecule is Cc1cc(C(F)F)n(CC(=O)Nc2c(F)c(F)cc(F)c2F)n1. The summed E-state index contributed by atoms with van der Waals surface area (Å²) in [6.07, 6.45) is -2.93. The molecule has 0 unspecified atom stereocenters. The molecule has 10 heteroatoms. The second-order valence-electron chi connectivity index (χ2n) is 4.56. The molecule has 23 heavy (non-hydrogen) atoms. The predicted molar refractivity (Wildman–Crippen MR) is 66.8 cm³/mol. The van der Waals surface area contributed by atoms with Crippen LogP contribution in [0.1, 0.15) is 17.8 Å². The van der Waals surface area contributed by atoms with Crippen LogP contribution in [-0.2, 0) is 11.3 Å². The minimum atomic E-state index is -2.93. The molecule has 0 saturated heterocycles. The summed E-state index contributed by atoms with van der Waals surface area (Å²) in [5, 5.41) is 5.24.